The number of aromatic amines is 1. The Morgan fingerprint density at radius 2 is 2.20 bits per heavy atom. The average Bonchev–Trinajstić information content (AvgIpc) is 3.15. The van der Waals surface area contributed by atoms with Crippen LogP contribution < -0.4 is 0 Å². The van der Waals surface area contributed by atoms with Gasteiger partial charge in [0, 0.05) is 6.54 Å². The molecule has 1 aromatic heterocycles. The van der Waals surface area contributed by atoms with Gasteiger partial charge >= 0.3 is 0 Å². The molecule has 1 unspecified atom stereocenters. The van der Waals surface area contributed by atoms with Gasteiger partial charge < -0.3 is 9.88 Å². The van der Waals surface area contributed by atoms with Gasteiger partial charge in [-0.15, -0.1) is 0 Å². The van der Waals surface area contributed by atoms with Crippen molar-refractivity contribution in [2.45, 2.75) is 18.9 Å². The van der Waals surface area contributed by atoms with Gasteiger partial charge in [-0.25, -0.2) is 4.98 Å². The Kier molecular flexibility index (Phi) is 3.21. The Bertz CT molecular complexity index is 653. The first kappa shape index (κ1) is 12.4. The van der Waals surface area contributed by atoms with Crippen LogP contribution >= 0.6 is 0 Å². The van der Waals surface area contributed by atoms with Crippen LogP contribution in [-0.4, -0.2) is 27.8 Å². The SMILES string of the molecule is N#Cc1ccc(-c2cnc(C3CCCN3C=O)[nH]2)cc1. The number of nitrogens with zero attached hydrogens (tertiary/aromatic N) is 3. The fourth-order valence-electron chi connectivity index (χ4n) is 2.59. The second-order valence-electron chi connectivity index (χ2n) is 4.87. The van der Waals surface area contributed by atoms with Gasteiger partial charge in [-0.1, -0.05) is 12.1 Å². The van der Waals surface area contributed by atoms with Crippen LogP contribution in [0.4, 0.5) is 0 Å². The predicted octanol–water partition coefficient (Wildman–Crippen LogP) is 2.24. The van der Waals surface area contributed by atoms with Gasteiger partial charge in [0.25, 0.3) is 0 Å². The molecule has 1 atom stereocenters. The lowest BCUT2D eigenvalue weighted by Crippen LogP contribution is -2.21. The minimum absolute atomic E-state index is 0.0552. The predicted molar refractivity (Wildman–Crippen MR) is 73.5 cm³/mol. The second-order valence-corrected chi connectivity index (χ2v) is 4.87. The summed E-state index contributed by atoms with van der Waals surface area (Å²) in [6, 6.07) is 9.50. The highest BCUT2D eigenvalue weighted by Crippen LogP contribution is 2.30. The van der Waals surface area contributed by atoms with Crippen molar-refractivity contribution in [1.29, 1.82) is 5.26 Å². The molecule has 0 aliphatic carbocycles. The van der Waals surface area contributed by atoms with Crippen LogP contribution in [-0.2, 0) is 4.79 Å². The third-order valence-corrected chi connectivity index (χ3v) is 3.67. The first-order valence-electron chi connectivity index (χ1n) is 6.58. The summed E-state index contributed by atoms with van der Waals surface area (Å²) in [5.41, 5.74) is 2.53. The largest absolute Gasteiger partial charge is 0.340 e. The van der Waals surface area contributed by atoms with E-state index in [1.165, 1.54) is 0 Å². The maximum atomic E-state index is 11.0. The van der Waals surface area contributed by atoms with Crippen molar-refractivity contribution >= 4 is 6.41 Å². The van der Waals surface area contributed by atoms with E-state index in [1.54, 1.807) is 23.2 Å². The van der Waals surface area contributed by atoms with Gasteiger partial charge in [-0.2, -0.15) is 5.26 Å². The summed E-state index contributed by atoms with van der Waals surface area (Å²) < 4.78 is 0. The van der Waals surface area contributed by atoms with Crippen molar-refractivity contribution in [3.63, 3.8) is 0 Å². The topological polar surface area (TPSA) is 72.8 Å². The van der Waals surface area contributed by atoms with Gasteiger partial charge in [-0.3, -0.25) is 4.79 Å². The number of carbonyl (C=O) groups excluding carboxylic acids is 1. The Morgan fingerprint density at radius 3 is 2.90 bits per heavy atom. The van der Waals surface area contributed by atoms with Gasteiger partial charge in [0.2, 0.25) is 6.41 Å². The fraction of sp³-hybridized carbons (Fsp3) is 0.267. The average molecular weight is 266 g/mol. The van der Waals surface area contributed by atoms with Crippen molar-refractivity contribution < 1.29 is 4.79 Å². The lowest BCUT2D eigenvalue weighted by molar-refractivity contribution is -0.119. The molecule has 20 heavy (non-hydrogen) atoms. The van der Waals surface area contributed by atoms with Crippen molar-refractivity contribution in [2.75, 3.05) is 6.54 Å². The van der Waals surface area contributed by atoms with E-state index < -0.39 is 0 Å². The van der Waals surface area contributed by atoms with Crippen molar-refractivity contribution in [2.24, 2.45) is 0 Å². The standard InChI is InChI=1S/C15H14N4O/c16-8-11-3-5-12(6-4-11)13-9-17-15(18-13)14-2-1-7-19(14)10-20/h3-6,9-10,14H,1-2,7H2,(H,17,18). The number of H-pyrrole nitrogens is 1. The van der Waals surface area contributed by atoms with Crippen LogP contribution in [0.15, 0.2) is 30.5 Å². The normalized spacial score (nSPS) is 17.9. The number of carbonyl (C=O) groups is 1. The highest BCUT2D eigenvalue weighted by atomic mass is 16.1. The van der Waals surface area contributed by atoms with Crippen LogP contribution in [0.1, 0.15) is 30.3 Å². The zero-order valence-corrected chi connectivity index (χ0v) is 10.9. The highest BCUT2D eigenvalue weighted by molar-refractivity contribution is 5.60. The first-order valence-corrected chi connectivity index (χ1v) is 6.58. The van der Waals surface area contributed by atoms with Crippen LogP contribution in [0, 0.1) is 11.3 Å². The number of aromatic nitrogens is 2. The molecule has 5 nitrogen and oxygen atoms in total. The summed E-state index contributed by atoms with van der Waals surface area (Å²) in [5, 5.41) is 8.79. The molecule has 2 aromatic rings. The smallest absolute Gasteiger partial charge is 0.210 e. The number of nitrogens with one attached hydrogen (secondary N) is 1. The molecule has 1 saturated heterocycles. The molecule has 1 aliphatic rings. The highest BCUT2D eigenvalue weighted by Gasteiger charge is 2.26. The van der Waals surface area contributed by atoms with Gasteiger partial charge in [-0.05, 0) is 30.5 Å². The van der Waals surface area contributed by atoms with E-state index in [2.05, 4.69) is 16.0 Å². The van der Waals surface area contributed by atoms with Gasteiger partial charge in [0.15, 0.2) is 0 Å². The summed E-state index contributed by atoms with van der Waals surface area (Å²) >= 11 is 0. The lowest BCUT2D eigenvalue weighted by Gasteiger charge is -2.17. The summed E-state index contributed by atoms with van der Waals surface area (Å²) in [5.74, 6) is 0.828. The van der Waals surface area contributed by atoms with E-state index in [9.17, 15) is 4.79 Å². The van der Waals surface area contributed by atoms with Crippen molar-refractivity contribution in [3.05, 3.63) is 41.9 Å². The third-order valence-electron chi connectivity index (χ3n) is 3.67. The maximum Gasteiger partial charge on any atom is 0.210 e. The minimum Gasteiger partial charge on any atom is -0.340 e. The molecule has 0 spiro atoms. The van der Waals surface area contributed by atoms with Gasteiger partial charge in [0.1, 0.15) is 5.82 Å². The van der Waals surface area contributed by atoms with E-state index in [-0.39, 0.29) is 6.04 Å². The van der Waals surface area contributed by atoms with Crippen LogP contribution in [0.3, 0.4) is 0 Å². The Balaban J connectivity index is 1.86. The molecule has 0 saturated carbocycles. The molecule has 2 heterocycles. The van der Waals surface area contributed by atoms with E-state index in [4.69, 9.17) is 5.26 Å². The van der Waals surface area contributed by atoms with E-state index in [0.29, 0.717) is 5.56 Å². The molecular weight excluding hydrogens is 252 g/mol. The number of nitriles is 1. The lowest BCUT2D eigenvalue weighted by atomic mass is 10.1. The molecule has 1 amide bonds. The van der Waals surface area contributed by atoms with Crippen molar-refractivity contribution in [1.82, 2.24) is 14.9 Å². The monoisotopic (exact) mass is 266 g/mol. The molecule has 3 rings (SSSR count). The molecule has 100 valence electrons. The van der Waals surface area contributed by atoms with E-state index >= 15 is 0 Å². The number of likely N-dealkylation sites (tertiary alicyclic amines) is 1. The third kappa shape index (κ3) is 2.16. The molecule has 1 N–H and O–H groups in total. The molecule has 1 aliphatic heterocycles. The number of hydrogen-bond donors (Lipinski definition) is 1. The number of rotatable bonds is 3. The first-order chi connectivity index (χ1) is 9.81. The summed E-state index contributed by atoms with van der Waals surface area (Å²) in [4.78, 5) is 20.4. The molecule has 0 bridgehead atoms. The Hall–Kier alpha value is -2.61. The fourth-order valence-corrected chi connectivity index (χ4v) is 2.59. The maximum absolute atomic E-state index is 11.0. The molecule has 0 radical (unpaired) electrons. The van der Waals surface area contributed by atoms with E-state index in [0.717, 1.165) is 42.9 Å². The Labute approximate surface area is 116 Å². The second kappa shape index (κ2) is 5.17. The number of imidazole rings is 1. The number of benzene rings is 1. The summed E-state index contributed by atoms with van der Waals surface area (Å²) in [6.07, 6.45) is 4.62. The quantitative estimate of drug-likeness (QED) is 0.866. The van der Waals surface area contributed by atoms with E-state index in [1.807, 2.05) is 12.1 Å². The number of amides is 1. The Morgan fingerprint density at radius 1 is 1.40 bits per heavy atom. The zero-order valence-electron chi connectivity index (χ0n) is 10.9. The summed E-state index contributed by atoms with van der Waals surface area (Å²) in [7, 11) is 0. The van der Waals surface area contributed by atoms with Crippen LogP contribution in [0.2, 0.25) is 0 Å². The van der Waals surface area contributed by atoms with Crippen molar-refractivity contribution in [3.8, 4) is 17.3 Å². The molecule has 1 fully saturated rings. The minimum atomic E-state index is 0.0552. The molecule has 1 aromatic carbocycles. The zero-order chi connectivity index (χ0) is 13.9. The summed E-state index contributed by atoms with van der Waals surface area (Å²) in [6.45, 7) is 0.793. The van der Waals surface area contributed by atoms with Crippen LogP contribution in [0.25, 0.3) is 11.3 Å². The molecule has 5 heteroatoms. The van der Waals surface area contributed by atoms with Gasteiger partial charge in [0.05, 0.1) is 29.6 Å². The molecular formula is C15H14N4O. The number of hydrogen-bond acceptors (Lipinski definition) is 3. The van der Waals surface area contributed by atoms with Crippen LogP contribution in [0.5, 0.6) is 0 Å².